The Labute approximate surface area is 111 Å². The molecule has 0 aliphatic heterocycles. The van der Waals surface area contributed by atoms with Crippen LogP contribution in [0.5, 0.6) is 0 Å². The van der Waals surface area contributed by atoms with E-state index < -0.39 is 0 Å². The van der Waals surface area contributed by atoms with Crippen LogP contribution in [-0.2, 0) is 9.47 Å². The van der Waals surface area contributed by atoms with E-state index in [9.17, 15) is 4.79 Å². The van der Waals surface area contributed by atoms with E-state index in [1.165, 1.54) is 0 Å². The fraction of sp³-hybridized carbons (Fsp3) is 0.267. The van der Waals surface area contributed by atoms with Crippen LogP contribution in [0.2, 0.25) is 0 Å². The first kappa shape index (κ1) is 13.4. The molecule has 2 aromatic rings. The molecule has 0 bridgehead atoms. The van der Waals surface area contributed by atoms with Crippen LogP contribution in [-0.4, -0.2) is 26.3 Å². The third kappa shape index (κ3) is 3.23. The lowest BCUT2D eigenvalue weighted by Gasteiger charge is -2.01. The molecule has 0 spiro atoms. The number of carbonyl (C=O) groups excluding carboxylic acids is 1. The summed E-state index contributed by atoms with van der Waals surface area (Å²) >= 11 is 0. The minimum absolute atomic E-state index is 0.237. The van der Waals surface area contributed by atoms with Gasteiger partial charge >= 0.3 is 5.97 Å². The lowest BCUT2D eigenvalue weighted by atomic mass is 10.1. The second kappa shape index (κ2) is 6.20. The van der Waals surface area contributed by atoms with Crippen molar-refractivity contribution < 1.29 is 18.7 Å². The summed E-state index contributed by atoms with van der Waals surface area (Å²) in [6, 6.07) is 11.3. The van der Waals surface area contributed by atoms with Crippen molar-refractivity contribution in [1.82, 2.24) is 0 Å². The molecule has 0 aliphatic carbocycles. The van der Waals surface area contributed by atoms with Gasteiger partial charge in [0.1, 0.15) is 23.7 Å². The summed E-state index contributed by atoms with van der Waals surface area (Å²) in [4.78, 5) is 11.8. The lowest BCUT2D eigenvalue weighted by molar-refractivity contribution is 0.0386. The highest BCUT2D eigenvalue weighted by atomic mass is 16.6. The van der Waals surface area contributed by atoms with Crippen molar-refractivity contribution in [2.24, 2.45) is 0 Å². The van der Waals surface area contributed by atoms with Crippen LogP contribution >= 0.6 is 0 Å². The summed E-state index contributed by atoms with van der Waals surface area (Å²) in [5.74, 6) is 0.832. The van der Waals surface area contributed by atoms with Gasteiger partial charge in [-0.2, -0.15) is 0 Å². The molecular formula is C15H16O4. The van der Waals surface area contributed by atoms with E-state index in [4.69, 9.17) is 13.9 Å². The number of carbonyl (C=O) groups is 1. The molecule has 0 N–H and O–H groups in total. The summed E-state index contributed by atoms with van der Waals surface area (Å²) in [5, 5.41) is 0. The van der Waals surface area contributed by atoms with Gasteiger partial charge in [0.15, 0.2) is 0 Å². The van der Waals surface area contributed by atoms with Crippen molar-refractivity contribution in [2.75, 3.05) is 20.3 Å². The molecule has 0 fully saturated rings. The molecule has 19 heavy (non-hydrogen) atoms. The summed E-state index contributed by atoms with van der Waals surface area (Å²) in [6.07, 6.45) is 0. The average molecular weight is 260 g/mol. The molecule has 0 radical (unpaired) electrons. The fourth-order valence-electron chi connectivity index (χ4n) is 1.72. The maximum Gasteiger partial charge on any atom is 0.341 e. The van der Waals surface area contributed by atoms with Crippen LogP contribution in [0.15, 0.2) is 40.8 Å². The van der Waals surface area contributed by atoms with Gasteiger partial charge in [0.25, 0.3) is 0 Å². The molecule has 0 unspecified atom stereocenters. The first-order valence-electron chi connectivity index (χ1n) is 6.04. The normalized spacial score (nSPS) is 10.4. The Balaban J connectivity index is 2.15. The molecule has 0 atom stereocenters. The highest BCUT2D eigenvalue weighted by Gasteiger charge is 2.16. The number of benzene rings is 1. The number of hydrogen-bond donors (Lipinski definition) is 0. The monoisotopic (exact) mass is 260 g/mol. The minimum atomic E-state index is -0.388. The first-order valence-corrected chi connectivity index (χ1v) is 6.04. The van der Waals surface area contributed by atoms with E-state index in [-0.39, 0.29) is 12.6 Å². The highest BCUT2D eigenvalue weighted by molar-refractivity contribution is 5.91. The quantitative estimate of drug-likeness (QED) is 0.612. The number of furan rings is 1. The summed E-state index contributed by atoms with van der Waals surface area (Å²) in [6.45, 7) is 2.37. The van der Waals surface area contributed by atoms with Gasteiger partial charge in [-0.15, -0.1) is 0 Å². The molecular weight excluding hydrogens is 244 g/mol. The van der Waals surface area contributed by atoms with Crippen LogP contribution in [0.1, 0.15) is 16.1 Å². The molecule has 4 heteroatoms. The average Bonchev–Trinajstić information content (AvgIpc) is 2.82. The van der Waals surface area contributed by atoms with Crippen LogP contribution in [0.3, 0.4) is 0 Å². The number of ether oxygens (including phenoxy) is 2. The summed E-state index contributed by atoms with van der Waals surface area (Å²) in [7, 11) is 1.56. The third-order valence-electron chi connectivity index (χ3n) is 2.72. The predicted molar refractivity (Wildman–Crippen MR) is 71.0 cm³/mol. The van der Waals surface area contributed by atoms with Gasteiger partial charge in [0.2, 0.25) is 0 Å². The van der Waals surface area contributed by atoms with Gasteiger partial charge in [-0.25, -0.2) is 4.79 Å². The van der Waals surface area contributed by atoms with Crippen molar-refractivity contribution >= 4 is 5.97 Å². The molecule has 0 saturated carbocycles. The molecule has 1 aromatic heterocycles. The smallest absolute Gasteiger partial charge is 0.341 e. The zero-order valence-electron chi connectivity index (χ0n) is 11.0. The maximum absolute atomic E-state index is 11.8. The van der Waals surface area contributed by atoms with Crippen molar-refractivity contribution in [3.8, 4) is 11.3 Å². The van der Waals surface area contributed by atoms with E-state index >= 15 is 0 Å². The van der Waals surface area contributed by atoms with Gasteiger partial charge < -0.3 is 13.9 Å². The van der Waals surface area contributed by atoms with Gasteiger partial charge in [-0.1, -0.05) is 30.3 Å². The van der Waals surface area contributed by atoms with Crippen LogP contribution in [0.4, 0.5) is 0 Å². The first-order chi connectivity index (χ1) is 9.22. The zero-order valence-corrected chi connectivity index (χ0v) is 11.0. The van der Waals surface area contributed by atoms with Gasteiger partial charge in [-0.05, 0) is 13.0 Å². The Bertz CT molecular complexity index is 543. The Morgan fingerprint density at radius 1 is 1.21 bits per heavy atom. The van der Waals surface area contributed by atoms with E-state index in [1.54, 1.807) is 20.1 Å². The Morgan fingerprint density at radius 2 is 1.95 bits per heavy atom. The van der Waals surface area contributed by atoms with Crippen LogP contribution in [0, 0.1) is 6.92 Å². The third-order valence-corrected chi connectivity index (χ3v) is 2.72. The Hall–Kier alpha value is -2.07. The molecule has 100 valence electrons. The number of esters is 1. The van der Waals surface area contributed by atoms with E-state index in [1.807, 2.05) is 30.3 Å². The van der Waals surface area contributed by atoms with Crippen molar-refractivity contribution in [3.63, 3.8) is 0 Å². The largest absolute Gasteiger partial charge is 0.460 e. The molecule has 4 nitrogen and oxygen atoms in total. The molecule has 0 aliphatic rings. The predicted octanol–water partition coefficient (Wildman–Crippen LogP) is 3.06. The maximum atomic E-state index is 11.8. The van der Waals surface area contributed by atoms with Crippen LogP contribution < -0.4 is 0 Å². The highest BCUT2D eigenvalue weighted by Crippen LogP contribution is 2.25. The van der Waals surface area contributed by atoms with Gasteiger partial charge in [-0.3, -0.25) is 0 Å². The Morgan fingerprint density at radius 3 is 2.63 bits per heavy atom. The van der Waals surface area contributed by atoms with Crippen molar-refractivity contribution in [3.05, 3.63) is 47.7 Å². The second-order valence-corrected chi connectivity index (χ2v) is 4.08. The molecule has 1 heterocycles. The summed E-state index contributed by atoms with van der Waals surface area (Å²) in [5.41, 5.74) is 1.39. The standard InChI is InChI=1S/C15H16O4/c1-11-13(15(16)18-9-8-17-2)10-14(19-11)12-6-4-3-5-7-12/h3-7,10H,8-9H2,1-2H3. The number of hydrogen-bond acceptors (Lipinski definition) is 4. The number of rotatable bonds is 5. The van der Waals surface area contributed by atoms with Gasteiger partial charge in [0.05, 0.1) is 6.61 Å². The number of methoxy groups -OCH3 is 1. The van der Waals surface area contributed by atoms with E-state index in [0.29, 0.717) is 23.7 Å². The topological polar surface area (TPSA) is 48.7 Å². The molecule has 0 saturated heterocycles. The lowest BCUT2D eigenvalue weighted by Crippen LogP contribution is -2.09. The summed E-state index contributed by atoms with van der Waals surface area (Å²) < 4.78 is 15.5. The van der Waals surface area contributed by atoms with Crippen molar-refractivity contribution in [1.29, 1.82) is 0 Å². The van der Waals surface area contributed by atoms with E-state index in [0.717, 1.165) is 5.56 Å². The van der Waals surface area contributed by atoms with Crippen LogP contribution in [0.25, 0.3) is 11.3 Å². The molecule has 0 amide bonds. The fourth-order valence-corrected chi connectivity index (χ4v) is 1.72. The molecule has 1 aromatic carbocycles. The second-order valence-electron chi connectivity index (χ2n) is 4.08. The Kier molecular flexibility index (Phi) is 4.36. The zero-order chi connectivity index (χ0) is 13.7. The van der Waals surface area contributed by atoms with E-state index in [2.05, 4.69) is 0 Å². The number of aryl methyl sites for hydroxylation is 1. The van der Waals surface area contributed by atoms with Crippen molar-refractivity contribution in [2.45, 2.75) is 6.92 Å². The SMILES string of the molecule is COCCOC(=O)c1cc(-c2ccccc2)oc1C. The van der Waals surface area contributed by atoms with Gasteiger partial charge in [0, 0.05) is 12.7 Å². The minimum Gasteiger partial charge on any atom is -0.460 e. The molecule has 2 rings (SSSR count).